The highest BCUT2D eigenvalue weighted by Crippen LogP contribution is 2.29. The van der Waals surface area contributed by atoms with Crippen molar-refractivity contribution in [1.29, 1.82) is 0 Å². The van der Waals surface area contributed by atoms with E-state index in [4.69, 9.17) is 0 Å². The fraction of sp³-hybridized carbons (Fsp3) is 0.312. The predicted octanol–water partition coefficient (Wildman–Crippen LogP) is 2.21. The summed E-state index contributed by atoms with van der Waals surface area (Å²) in [6.45, 7) is 3.44. The van der Waals surface area contributed by atoms with E-state index in [1.807, 2.05) is 11.4 Å². The van der Waals surface area contributed by atoms with Gasteiger partial charge in [0.1, 0.15) is 0 Å². The number of hydrogen-bond donors (Lipinski definition) is 3. The van der Waals surface area contributed by atoms with Crippen LogP contribution in [0.4, 0.5) is 16.8 Å². The van der Waals surface area contributed by atoms with E-state index < -0.39 is 5.97 Å². The van der Waals surface area contributed by atoms with Crippen LogP contribution in [0.15, 0.2) is 23.7 Å². The molecule has 0 unspecified atom stereocenters. The first-order valence-corrected chi connectivity index (χ1v) is 8.85. The summed E-state index contributed by atoms with van der Waals surface area (Å²) in [5, 5.41) is 15.3. The number of nitrogens with zero attached hydrogens (tertiary/aromatic N) is 4. The van der Waals surface area contributed by atoms with Crippen LogP contribution in [0, 0.1) is 0 Å². The van der Waals surface area contributed by atoms with Gasteiger partial charge in [-0.1, -0.05) is 0 Å². The normalized spacial score (nSPS) is 15.6. The molecule has 0 spiro atoms. The lowest BCUT2D eigenvalue weighted by molar-refractivity contribution is 0.0697. The van der Waals surface area contributed by atoms with E-state index in [2.05, 4.69) is 37.1 Å². The number of carboxylic acids is 1. The third kappa shape index (κ3) is 3.15. The largest absolute Gasteiger partial charge is 0.478 e. The van der Waals surface area contributed by atoms with Gasteiger partial charge >= 0.3 is 5.97 Å². The Bertz CT molecular complexity index is 899. The third-order valence-electron chi connectivity index (χ3n) is 4.33. The SMILES string of the molecule is CN1CCN(c2cc3[nH]c(Nc4nccs4)nc3cc2C(=O)O)CC1. The van der Waals surface area contributed by atoms with Crippen LogP contribution in [0.2, 0.25) is 0 Å². The zero-order valence-corrected chi connectivity index (χ0v) is 14.5. The molecule has 1 fully saturated rings. The molecule has 1 aromatic carbocycles. The topological polar surface area (TPSA) is 97.4 Å². The maximum absolute atomic E-state index is 11.7. The van der Waals surface area contributed by atoms with Gasteiger partial charge in [-0.3, -0.25) is 0 Å². The number of carboxylic acid groups (broad SMARTS) is 1. The minimum Gasteiger partial charge on any atom is -0.478 e. The van der Waals surface area contributed by atoms with Crippen LogP contribution in [-0.4, -0.2) is 64.2 Å². The number of aromatic carboxylic acids is 1. The van der Waals surface area contributed by atoms with Crippen LogP contribution in [0.25, 0.3) is 11.0 Å². The van der Waals surface area contributed by atoms with E-state index in [1.165, 1.54) is 11.3 Å². The maximum Gasteiger partial charge on any atom is 0.337 e. The molecular formula is C16H18N6O2S. The molecule has 0 amide bonds. The molecule has 9 heteroatoms. The van der Waals surface area contributed by atoms with Gasteiger partial charge in [0.2, 0.25) is 5.95 Å². The molecule has 0 saturated carbocycles. The monoisotopic (exact) mass is 358 g/mol. The van der Waals surface area contributed by atoms with Gasteiger partial charge in [0, 0.05) is 37.8 Å². The van der Waals surface area contributed by atoms with Gasteiger partial charge in [0.15, 0.2) is 5.13 Å². The highest BCUT2D eigenvalue weighted by molar-refractivity contribution is 7.13. The van der Waals surface area contributed by atoms with Gasteiger partial charge < -0.3 is 25.2 Å². The lowest BCUT2D eigenvalue weighted by Crippen LogP contribution is -2.45. The highest BCUT2D eigenvalue weighted by atomic mass is 32.1. The average molecular weight is 358 g/mol. The van der Waals surface area contributed by atoms with Gasteiger partial charge in [0.05, 0.1) is 22.3 Å². The van der Waals surface area contributed by atoms with Gasteiger partial charge in [-0.2, -0.15) is 0 Å². The average Bonchev–Trinajstić information content (AvgIpc) is 3.23. The van der Waals surface area contributed by atoms with Crippen molar-refractivity contribution in [3.63, 3.8) is 0 Å². The van der Waals surface area contributed by atoms with E-state index in [0.717, 1.165) is 42.5 Å². The number of thiazole rings is 1. The Morgan fingerprint density at radius 2 is 2.12 bits per heavy atom. The van der Waals surface area contributed by atoms with Crippen molar-refractivity contribution in [3.8, 4) is 0 Å². The summed E-state index contributed by atoms with van der Waals surface area (Å²) in [4.78, 5) is 27.9. The number of H-pyrrole nitrogens is 1. The summed E-state index contributed by atoms with van der Waals surface area (Å²) in [5.41, 5.74) is 2.44. The Labute approximate surface area is 148 Å². The molecular weight excluding hydrogens is 340 g/mol. The van der Waals surface area contributed by atoms with Crippen molar-refractivity contribution >= 4 is 45.1 Å². The van der Waals surface area contributed by atoms with E-state index in [1.54, 1.807) is 12.3 Å². The van der Waals surface area contributed by atoms with Crippen molar-refractivity contribution < 1.29 is 9.90 Å². The number of hydrogen-bond acceptors (Lipinski definition) is 7. The van der Waals surface area contributed by atoms with Crippen LogP contribution in [-0.2, 0) is 0 Å². The molecule has 1 aliphatic heterocycles. The predicted molar refractivity (Wildman–Crippen MR) is 98.2 cm³/mol. The number of benzene rings is 1. The fourth-order valence-electron chi connectivity index (χ4n) is 2.97. The van der Waals surface area contributed by atoms with Crippen LogP contribution in [0.1, 0.15) is 10.4 Å². The minimum atomic E-state index is -0.937. The number of rotatable bonds is 4. The summed E-state index contributed by atoms with van der Waals surface area (Å²) >= 11 is 1.47. The van der Waals surface area contributed by atoms with Crippen molar-refractivity contribution in [2.75, 3.05) is 43.4 Å². The standard InChI is InChI=1S/C16H18N6O2S/c1-21-3-5-22(6-4-21)13-9-12-11(8-10(13)14(23)24)18-15(19-12)20-16-17-2-7-25-16/h2,7-9H,3-6H2,1H3,(H,23,24)(H2,17,18,19,20). The molecule has 2 aromatic heterocycles. The summed E-state index contributed by atoms with van der Waals surface area (Å²) in [6, 6.07) is 3.51. The molecule has 0 bridgehead atoms. The summed E-state index contributed by atoms with van der Waals surface area (Å²) in [7, 11) is 2.07. The van der Waals surface area contributed by atoms with Crippen molar-refractivity contribution in [1.82, 2.24) is 19.9 Å². The van der Waals surface area contributed by atoms with Gasteiger partial charge in [-0.25, -0.2) is 14.8 Å². The van der Waals surface area contributed by atoms with Gasteiger partial charge in [-0.15, -0.1) is 11.3 Å². The second kappa shape index (κ2) is 6.34. The molecule has 0 atom stereocenters. The van der Waals surface area contributed by atoms with E-state index in [9.17, 15) is 9.90 Å². The number of aromatic amines is 1. The number of likely N-dealkylation sites (N-methyl/N-ethyl adjacent to an activating group) is 1. The van der Waals surface area contributed by atoms with Gasteiger partial charge in [-0.05, 0) is 19.2 Å². The van der Waals surface area contributed by atoms with Crippen LogP contribution in [0.3, 0.4) is 0 Å². The van der Waals surface area contributed by atoms with Crippen molar-refractivity contribution in [2.24, 2.45) is 0 Å². The summed E-state index contributed by atoms with van der Waals surface area (Å²) in [6.07, 6.45) is 1.71. The van der Waals surface area contributed by atoms with Crippen LogP contribution < -0.4 is 10.2 Å². The molecule has 0 radical (unpaired) electrons. The second-order valence-corrected chi connectivity index (χ2v) is 6.92. The second-order valence-electron chi connectivity index (χ2n) is 6.03. The smallest absolute Gasteiger partial charge is 0.337 e. The molecule has 4 rings (SSSR count). The summed E-state index contributed by atoms with van der Waals surface area (Å²) < 4.78 is 0. The Kier molecular flexibility index (Phi) is 4.02. The van der Waals surface area contributed by atoms with E-state index in [-0.39, 0.29) is 5.56 Å². The van der Waals surface area contributed by atoms with E-state index >= 15 is 0 Å². The molecule has 3 heterocycles. The zero-order chi connectivity index (χ0) is 17.4. The molecule has 3 N–H and O–H groups in total. The molecule has 3 aromatic rings. The zero-order valence-electron chi connectivity index (χ0n) is 13.7. The Morgan fingerprint density at radius 3 is 2.80 bits per heavy atom. The van der Waals surface area contributed by atoms with Crippen molar-refractivity contribution in [3.05, 3.63) is 29.3 Å². The van der Waals surface area contributed by atoms with E-state index in [0.29, 0.717) is 11.5 Å². The van der Waals surface area contributed by atoms with Gasteiger partial charge in [0.25, 0.3) is 0 Å². The first-order chi connectivity index (χ1) is 12.1. The number of anilines is 3. The molecule has 1 aliphatic rings. The first-order valence-electron chi connectivity index (χ1n) is 7.97. The lowest BCUT2D eigenvalue weighted by Gasteiger charge is -2.34. The Hall–Kier alpha value is -2.65. The molecule has 130 valence electrons. The molecule has 8 nitrogen and oxygen atoms in total. The number of carbonyl (C=O) groups is 1. The maximum atomic E-state index is 11.7. The first kappa shape index (κ1) is 15.9. The number of aromatic nitrogens is 3. The third-order valence-corrected chi connectivity index (χ3v) is 5.02. The summed E-state index contributed by atoms with van der Waals surface area (Å²) in [5.74, 6) is -0.384. The quantitative estimate of drug-likeness (QED) is 0.658. The van der Waals surface area contributed by atoms with Crippen LogP contribution >= 0.6 is 11.3 Å². The fourth-order valence-corrected chi connectivity index (χ4v) is 3.50. The highest BCUT2D eigenvalue weighted by Gasteiger charge is 2.21. The lowest BCUT2D eigenvalue weighted by atomic mass is 10.1. The number of imidazole rings is 1. The molecule has 0 aliphatic carbocycles. The number of piperazine rings is 1. The number of nitrogens with one attached hydrogen (secondary N) is 2. The Morgan fingerprint density at radius 1 is 1.32 bits per heavy atom. The Balaban J connectivity index is 1.71. The molecule has 25 heavy (non-hydrogen) atoms. The molecule has 1 saturated heterocycles. The van der Waals surface area contributed by atoms with Crippen molar-refractivity contribution in [2.45, 2.75) is 0 Å². The minimum absolute atomic E-state index is 0.282. The number of fused-ring (bicyclic) bond motifs is 1. The van der Waals surface area contributed by atoms with Crippen LogP contribution in [0.5, 0.6) is 0 Å².